The number of aliphatic hydroxyl groups is 1. The molecule has 1 aromatic rings. The number of benzene rings is 1. The van der Waals surface area contributed by atoms with Gasteiger partial charge in [-0.25, -0.2) is 5.43 Å². The van der Waals surface area contributed by atoms with Crippen molar-refractivity contribution in [1.29, 1.82) is 0 Å². The lowest BCUT2D eigenvalue weighted by Gasteiger charge is -2.39. The van der Waals surface area contributed by atoms with E-state index in [4.69, 9.17) is 0 Å². The third-order valence-corrected chi connectivity index (χ3v) is 6.34. The van der Waals surface area contributed by atoms with Crippen LogP contribution < -0.4 is 16.2 Å². The van der Waals surface area contributed by atoms with Gasteiger partial charge in [-0.15, -0.1) is 0 Å². The van der Waals surface area contributed by atoms with Crippen LogP contribution >= 0.6 is 0 Å². The van der Waals surface area contributed by atoms with Crippen molar-refractivity contribution in [2.45, 2.75) is 49.9 Å². The molecule has 2 heterocycles. The zero-order valence-electron chi connectivity index (χ0n) is 15.4. The summed E-state index contributed by atoms with van der Waals surface area (Å²) in [6.45, 7) is 2.01. The highest BCUT2D eigenvalue weighted by molar-refractivity contribution is 5.83. The van der Waals surface area contributed by atoms with E-state index in [1.807, 2.05) is 18.2 Å². The number of piperidine rings is 1. The van der Waals surface area contributed by atoms with Gasteiger partial charge in [-0.3, -0.25) is 10.2 Å². The number of amides is 1. The van der Waals surface area contributed by atoms with Crippen molar-refractivity contribution in [3.05, 3.63) is 35.9 Å². The van der Waals surface area contributed by atoms with Gasteiger partial charge in [0.25, 0.3) is 0 Å². The predicted molar refractivity (Wildman–Crippen MR) is 100 cm³/mol. The second-order valence-electron chi connectivity index (χ2n) is 8.28. The zero-order valence-corrected chi connectivity index (χ0v) is 15.4. The average Bonchev–Trinajstić information content (AvgIpc) is 3.02. The highest BCUT2D eigenvalue weighted by atomic mass is 16.3. The first kappa shape index (κ1) is 17.9. The molecular weight excluding hydrogens is 328 g/mol. The molecule has 4 rings (SSSR count). The lowest BCUT2D eigenvalue weighted by atomic mass is 9.75. The van der Waals surface area contributed by atoms with Gasteiger partial charge in [-0.1, -0.05) is 30.3 Å². The summed E-state index contributed by atoms with van der Waals surface area (Å²) >= 11 is 0. The van der Waals surface area contributed by atoms with Crippen molar-refractivity contribution >= 4 is 5.91 Å². The molecule has 142 valence electrons. The third-order valence-electron chi connectivity index (χ3n) is 6.34. The van der Waals surface area contributed by atoms with E-state index in [0.717, 1.165) is 38.8 Å². The minimum atomic E-state index is -0.210. The summed E-state index contributed by atoms with van der Waals surface area (Å²) in [4.78, 5) is 15.3. The molecule has 3 aliphatic rings. The van der Waals surface area contributed by atoms with Gasteiger partial charge in [0.05, 0.1) is 6.10 Å². The Morgan fingerprint density at radius 2 is 2.08 bits per heavy atom. The maximum atomic E-state index is 13.0. The van der Waals surface area contributed by atoms with E-state index < -0.39 is 0 Å². The number of carbonyl (C=O) groups excluding carboxylic acids is 1. The molecule has 1 aliphatic carbocycles. The Kier molecular flexibility index (Phi) is 5.27. The van der Waals surface area contributed by atoms with Crippen LogP contribution in [-0.4, -0.2) is 60.3 Å². The molecule has 4 unspecified atom stereocenters. The minimum Gasteiger partial charge on any atom is -0.393 e. The van der Waals surface area contributed by atoms with E-state index >= 15 is 0 Å². The molecule has 4 atom stereocenters. The second kappa shape index (κ2) is 7.64. The Balaban J connectivity index is 1.42. The maximum absolute atomic E-state index is 13.0. The molecule has 0 radical (unpaired) electrons. The third kappa shape index (κ3) is 3.78. The number of hydrogen-bond acceptors (Lipinski definition) is 5. The fourth-order valence-corrected chi connectivity index (χ4v) is 4.67. The number of nitrogens with zero attached hydrogens (tertiary/aromatic N) is 1. The van der Waals surface area contributed by atoms with E-state index in [9.17, 15) is 9.90 Å². The molecule has 3 fully saturated rings. The summed E-state index contributed by atoms with van der Waals surface area (Å²) in [7, 11) is 2.12. The van der Waals surface area contributed by atoms with Crippen molar-refractivity contribution in [2.75, 3.05) is 20.1 Å². The summed E-state index contributed by atoms with van der Waals surface area (Å²) in [6, 6.07) is 10.6. The van der Waals surface area contributed by atoms with Gasteiger partial charge in [0, 0.05) is 24.5 Å². The lowest BCUT2D eigenvalue weighted by molar-refractivity contribution is -0.126. The molecule has 4 N–H and O–H groups in total. The number of likely N-dealkylation sites (tertiary alicyclic amines) is 1. The molecule has 2 saturated heterocycles. The van der Waals surface area contributed by atoms with Crippen molar-refractivity contribution in [2.24, 2.45) is 11.8 Å². The number of rotatable bonds is 5. The van der Waals surface area contributed by atoms with Gasteiger partial charge in [0.15, 0.2) is 0 Å². The molecule has 6 heteroatoms. The summed E-state index contributed by atoms with van der Waals surface area (Å²) in [6.07, 6.45) is 3.24. The summed E-state index contributed by atoms with van der Waals surface area (Å²) in [5.74, 6) is 0.745. The molecule has 1 aromatic carbocycles. The quantitative estimate of drug-likeness (QED) is 0.608. The van der Waals surface area contributed by atoms with Crippen molar-refractivity contribution in [1.82, 2.24) is 21.1 Å². The van der Waals surface area contributed by atoms with Crippen LogP contribution in [-0.2, 0) is 11.2 Å². The molecule has 2 aliphatic heterocycles. The number of fused-ring (bicyclic) bond motifs is 1. The van der Waals surface area contributed by atoms with E-state index in [1.165, 1.54) is 5.56 Å². The normalized spacial score (nSPS) is 35.4. The van der Waals surface area contributed by atoms with Crippen LogP contribution in [0.2, 0.25) is 0 Å². The SMILES string of the molecule is CN1CCC2NNC(C(=O)NC(Cc3ccccc3)C3CC(O)C3)C2C1. The lowest BCUT2D eigenvalue weighted by Crippen LogP contribution is -2.55. The van der Waals surface area contributed by atoms with E-state index in [2.05, 4.69) is 40.2 Å². The van der Waals surface area contributed by atoms with E-state index in [1.54, 1.807) is 0 Å². The number of aliphatic hydroxyl groups excluding tert-OH is 1. The predicted octanol–water partition coefficient (Wildman–Crippen LogP) is 0.282. The number of nitrogens with one attached hydrogen (secondary N) is 3. The van der Waals surface area contributed by atoms with E-state index in [-0.39, 0.29) is 24.1 Å². The highest BCUT2D eigenvalue weighted by Gasteiger charge is 2.44. The fourth-order valence-electron chi connectivity index (χ4n) is 4.67. The molecular formula is C20H30N4O2. The number of hydrazine groups is 1. The first-order valence-corrected chi connectivity index (χ1v) is 9.82. The molecule has 6 nitrogen and oxygen atoms in total. The van der Waals surface area contributed by atoms with Crippen LogP contribution in [0.1, 0.15) is 24.8 Å². The van der Waals surface area contributed by atoms with Gasteiger partial charge in [-0.2, -0.15) is 0 Å². The van der Waals surface area contributed by atoms with Crippen LogP contribution in [0.15, 0.2) is 30.3 Å². The smallest absolute Gasteiger partial charge is 0.239 e. The maximum Gasteiger partial charge on any atom is 0.239 e. The Morgan fingerprint density at radius 3 is 2.81 bits per heavy atom. The van der Waals surface area contributed by atoms with Gasteiger partial charge >= 0.3 is 0 Å². The fraction of sp³-hybridized carbons (Fsp3) is 0.650. The molecule has 26 heavy (non-hydrogen) atoms. The van der Waals surface area contributed by atoms with Crippen molar-refractivity contribution < 1.29 is 9.90 Å². The van der Waals surface area contributed by atoms with Crippen LogP contribution in [0.4, 0.5) is 0 Å². The van der Waals surface area contributed by atoms with Gasteiger partial charge in [0.1, 0.15) is 6.04 Å². The first-order valence-electron chi connectivity index (χ1n) is 9.82. The van der Waals surface area contributed by atoms with Crippen molar-refractivity contribution in [3.8, 4) is 0 Å². The zero-order chi connectivity index (χ0) is 18.1. The number of carbonyl (C=O) groups is 1. The second-order valence-corrected chi connectivity index (χ2v) is 8.28. The first-order chi connectivity index (χ1) is 12.6. The molecule has 0 spiro atoms. The highest BCUT2D eigenvalue weighted by Crippen LogP contribution is 2.32. The van der Waals surface area contributed by atoms with E-state index in [0.29, 0.717) is 17.9 Å². The van der Waals surface area contributed by atoms with Gasteiger partial charge in [-0.05, 0) is 50.8 Å². The van der Waals surface area contributed by atoms with Crippen LogP contribution in [0.3, 0.4) is 0 Å². The summed E-state index contributed by atoms with van der Waals surface area (Å²) < 4.78 is 0. The average molecular weight is 358 g/mol. The Morgan fingerprint density at radius 1 is 1.31 bits per heavy atom. The standard InChI is InChI=1S/C20H30N4O2/c1-24-8-7-17-16(12-24)19(23-22-17)20(26)21-18(14-10-15(25)11-14)9-13-5-3-2-4-6-13/h2-6,14-19,22-23,25H,7-12H2,1H3,(H,21,26). The molecule has 0 aromatic heterocycles. The molecule has 1 saturated carbocycles. The molecule has 0 bridgehead atoms. The molecule has 1 amide bonds. The van der Waals surface area contributed by atoms with Crippen LogP contribution in [0, 0.1) is 11.8 Å². The van der Waals surface area contributed by atoms with Crippen LogP contribution in [0.25, 0.3) is 0 Å². The Bertz CT molecular complexity index is 619. The number of hydrogen-bond donors (Lipinski definition) is 4. The minimum absolute atomic E-state index is 0.0791. The van der Waals surface area contributed by atoms with Gasteiger partial charge < -0.3 is 15.3 Å². The summed E-state index contributed by atoms with van der Waals surface area (Å²) in [5.41, 5.74) is 7.78. The monoisotopic (exact) mass is 358 g/mol. The topological polar surface area (TPSA) is 76.6 Å². The van der Waals surface area contributed by atoms with Crippen LogP contribution in [0.5, 0.6) is 0 Å². The van der Waals surface area contributed by atoms with Gasteiger partial charge in [0.2, 0.25) is 5.91 Å². The van der Waals surface area contributed by atoms with Crippen molar-refractivity contribution in [3.63, 3.8) is 0 Å². The summed E-state index contributed by atoms with van der Waals surface area (Å²) in [5, 5.41) is 13.0. The Labute approximate surface area is 155 Å². The largest absolute Gasteiger partial charge is 0.393 e. The Hall–Kier alpha value is -1.47.